The van der Waals surface area contributed by atoms with E-state index in [2.05, 4.69) is 0 Å². The Bertz CT molecular complexity index is 491. The Morgan fingerprint density at radius 2 is 2.00 bits per heavy atom. The molecule has 1 aromatic rings. The fourth-order valence-corrected chi connectivity index (χ4v) is 2.58. The molecule has 0 aromatic heterocycles. The van der Waals surface area contributed by atoms with Crippen LogP contribution in [0.25, 0.3) is 0 Å². The number of hydrogen-bond acceptors (Lipinski definition) is 2. The van der Waals surface area contributed by atoms with Crippen molar-refractivity contribution in [2.45, 2.75) is 19.3 Å². The van der Waals surface area contributed by atoms with E-state index in [-0.39, 0.29) is 5.78 Å². The minimum absolute atomic E-state index is 0.359. The second-order valence-corrected chi connectivity index (χ2v) is 4.15. The van der Waals surface area contributed by atoms with E-state index in [1.54, 1.807) is 13.1 Å². The number of carbonyl (C=O) groups is 2. The average molecular weight is 201 g/mol. The van der Waals surface area contributed by atoms with Gasteiger partial charge in [0.1, 0.15) is 0 Å². The molecular weight excluding hydrogens is 190 g/mol. The highest BCUT2D eigenvalue weighted by Gasteiger charge is 2.36. The predicted octanol–water partition coefficient (Wildman–Crippen LogP) is 1.33. The smallest absolute Gasteiger partial charge is 0.299 e. The summed E-state index contributed by atoms with van der Waals surface area (Å²) in [5.41, 5.74) is 3.94. The maximum Gasteiger partial charge on any atom is 0.299 e. The first-order valence-corrected chi connectivity index (χ1v) is 5.17. The Kier molecular flexibility index (Phi) is 1.55. The van der Waals surface area contributed by atoms with E-state index in [0.29, 0.717) is 5.56 Å². The molecule has 1 amide bonds. The van der Waals surface area contributed by atoms with Crippen LogP contribution in [0.15, 0.2) is 12.1 Å². The third-order valence-corrected chi connectivity index (χ3v) is 3.33. The second kappa shape index (κ2) is 2.69. The zero-order valence-electron chi connectivity index (χ0n) is 8.54. The molecule has 0 saturated heterocycles. The summed E-state index contributed by atoms with van der Waals surface area (Å²) in [7, 11) is 1.69. The van der Waals surface area contributed by atoms with E-state index in [0.717, 1.165) is 24.9 Å². The number of fused-ring (bicyclic) bond motifs is 3. The van der Waals surface area contributed by atoms with Crippen LogP contribution in [0, 0.1) is 0 Å². The highest BCUT2D eigenvalue weighted by Crippen LogP contribution is 2.37. The van der Waals surface area contributed by atoms with Crippen molar-refractivity contribution in [1.82, 2.24) is 0 Å². The lowest BCUT2D eigenvalue weighted by atomic mass is 10.0. The fraction of sp³-hybridized carbons (Fsp3) is 0.333. The molecule has 0 radical (unpaired) electrons. The van der Waals surface area contributed by atoms with Gasteiger partial charge in [-0.05, 0) is 36.5 Å². The maximum absolute atomic E-state index is 11.6. The second-order valence-electron chi connectivity index (χ2n) is 4.15. The van der Waals surface area contributed by atoms with Crippen LogP contribution in [0.4, 0.5) is 5.69 Å². The largest absolute Gasteiger partial charge is 0.308 e. The summed E-state index contributed by atoms with van der Waals surface area (Å²) in [5.74, 6) is -0.757. The molecule has 0 bridgehead atoms. The average Bonchev–Trinajstić information content (AvgIpc) is 2.78. The van der Waals surface area contributed by atoms with Gasteiger partial charge in [0, 0.05) is 7.05 Å². The van der Waals surface area contributed by atoms with Gasteiger partial charge in [-0.1, -0.05) is 6.07 Å². The summed E-state index contributed by atoms with van der Waals surface area (Å²) in [6, 6.07) is 3.79. The van der Waals surface area contributed by atoms with Crippen LogP contribution in [-0.2, 0) is 17.6 Å². The summed E-state index contributed by atoms with van der Waals surface area (Å²) in [4.78, 5) is 24.7. The van der Waals surface area contributed by atoms with Gasteiger partial charge >= 0.3 is 0 Å². The molecule has 0 spiro atoms. The van der Waals surface area contributed by atoms with Gasteiger partial charge in [0.15, 0.2) is 0 Å². The van der Waals surface area contributed by atoms with Crippen LogP contribution in [-0.4, -0.2) is 18.7 Å². The van der Waals surface area contributed by atoms with Crippen molar-refractivity contribution >= 4 is 17.4 Å². The lowest BCUT2D eigenvalue weighted by Gasteiger charge is -2.13. The number of hydrogen-bond donors (Lipinski definition) is 0. The minimum atomic E-state index is -0.398. The molecule has 3 nitrogen and oxygen atoms in total. The van der Waals surface area contributed by atoms with Gasteiger partial charge in [0.25, 0.3) is 11.7 Å². The van der Waals surface area contributed by atoms with Crippen molar-refractivity contribution < 1.29 is 9.59 Å². The number of aryl methyl sites for hydroxylation is 1. The third-order valence-electron chi connectivity index (χ3n) is 3.33. The van der Waals surface area contributed by atoms with Crippen LogP contribution >= 0.6 is 0 Å². The zero-order valence-corrected chi connectivity index (χ0v) is 8.54. The van der Waals surface area contributed by atoms with Gasteiger partial charge < -0.3 is 4.90 Å². The van der Waals surface area contributed by atoms with E-state index >= 15 is 0 Å². The molecule has 3 heteroatoms. The molecule has 0 N–H and O–H groups in total. The van der Waals surface area contributed by atoms with Gasteiger partial charge in [-0.15, -0.1) is 0 Å². The molecule has 1 aromatic carbocycles. The van der Waals surface area contributed by atoms with Crippen molar-refractivity contribution in [2.75, 3.05) is 11.9 Å². The lowest BCUT2D eigenvalue weighted by Crippen LogP contribution is -2.25. The molecule has 0 unspecified atom stereocenters. The Morgan fingerprint density at radius 3 is 2.80 bits per heavy atom. The monoisotopic (exact) mass is 201 g/mol. The SMILES string of the molecule is CN1C(=O)C(=O)c2ccc3c(c21)CCC3. The van der Waals surface area contributed by atoms with Crippen LogP contribution in [0.5, 0.6) is 0 Å². The quantitative estimate of drug-likeness (QED) is 0.594. The van der Waals surface area contributed by atoms with Crippen molar-refractivity contribution in [3.63, 3.8) is 0 Å². The molecule has 15 heavy (non-hydrogen) atoms. The number of ketones is 1. The van der Waals surface area contributed by atoms with E-state index in [1.807, 2.05) is 6.07 Å². The summed E-state index contributed by atoms with van der Waals surface area (Å²) in [5, 5.41) is 0. The maximum atomic E-state index is 11.6. The van der Waals surface area contributed by atoms with Crippen LogP contribution < -0.4 is 4.90 Å². The highest BCUT2D eigenvalue weighted by molar-refractivity contribution is 6.52. The molecule has 1 aliphatic carbocycles. The summed E-state index contributed by atoms with van der Waals surface area (Å²) in [6.45, 7) is 0. The minimum Gasteiger partial charge on any atom is -0.308 e. The van der Waals surface area contributed by atoms with Crippen molar-refractivity contribution in [3.05, 3.63) is 28.8 Å². The van der Waals surface area contributed by atoms with E-state index in [4.69, 9.17) is 0 Å². The predicted molar refractivity (Wildman–Crippen MR) is 56.2 cm³/mol. The van der Waals surface area contributed by atoms with Gasteiger partial charge in [-0.2, -0.15) is 0 Å². The number of benzene rings is 1. The van der Waals surface area contributed by atoms with E-state index in [1.165, 1.54) is 16.0 Å². The number of carbonyl (C=O) groups excluding carboxylic acids is 2. The Balaban J connectivity index is 2.31. The number of anilines is 1. The molecule has 1 aliphatic heterocycles. The molecular formula is C12H11NO2. The van der Waals surface area contributed by atoms with E-state index < -0.39 is 5.91 Å². The summed E-state index contributed by atoms with van der Waals surface area (Å²) in [6.07, 6.45) is 3.18. The van der Waals surface area contributed by atoms with Crippen LogP contribution in [0.3, 0.4) is 0 Å². The van der Waals surface area contributed by atoms with E-state index in [9.17, 15) is 9.59 Å². The molecule has 2 aliphatic rings. The van der Waals surface area contributed by atoms with Gasteiger partial charge in [0.05, 0.1) is 11.3 Å². The van der Waals surface area contributed by atoms with Crippen molar-refractivity contribution in [2.24, 2.45) is 0 Å². The molecule has 1 heterocycles. The standard InChI is InChI=1S/C12H11NO2/c1-13-10-8-4-2-3-7(8)5-6-9(10)11(14)12(13)15/h5-6H,2-4H2,1H3. The Morgan fingerprint density at radius 1 is 1.20 bits per heavy atom. The van der Waals surface area contributed by atoms with Crippen LogP contribution in [0.2, 0.25) is 0 Å². The zero-order chi connectivity index (χ0) is 10.6. The summed E-state index contributed by atoms with van der Waals surface area (Å²) < 4.78 is 0. The Hall–Kier alpha value is -1.64. The number of nitrogens with zero attached hydrogens (tertiary/aromatic N) is 1. The Labute approximate surface area is 87.7 Å². The van der Waals surface area contributed by atoms with Gasteiger partial charge in [-0.3, -0.25) is 9.59 Å². The molecule has 76 valence electrons. The summed E-state index contributed by atoms with van der Waals surface area (Å²) >= 11 is 0. The first-order chi connectivity index (χ1) is 7.20. The topological polar surface area (TPSA) is 37.4 Å². The molecule has 0 saturated carbocycles. The first kappa shape index (κ1) is 8.65. The van der Waals surface area contributed by atoms with Gasteiger partial charge in [0.2, 0.25) is 0 Å². The van der Waals surface area contributed by atoms with Crippen molar-refractivity contribution in [3.8, 4) is 0 Å². The normalized spacial score (nSPS) is 18.3. The number of rotatable bonds is 0. The van der Waals surface area contributed by atoms with Crippen LogP contribution in [0.1, 0.15) is 27.9 Å². The molecule has 0 atom stereocenters. The number of Topliss-reactive ketones (excluding diaryl/α,β-unsaturated/α-hetero) is 1. The molecule has 0 fully saturated rings. The van der Waals surface area contributed by atoms with Crippen molar-refractivity contribution in [1.29, 1.82) is 0 Å². The highest BCUT2D eigenvalue weighted by atomic mass is 16.2. The molecule has 3 rings (SSSR count). The third kappa shape index (κ3) is 0.950. The first-order valence-electron chi connectivity index (χ1n) is 5.17. The fourth-order valence-electron chi connectivity index (χ4n) is 2.58. The van der Waals surface area contributed by atoms with Gasteiger partial charge in [-0.25, -0.2) is 0 Å². The lowest BCUT2D eigenvalue weighted by molar-refractivity contribution is -0.114. The number of likely N-dealkylation sites (N-methyl/N-ethyl adjacent to an activating group) is 1. The number of amides is 1.